The lowest BCUT2D eigenvalue weighted by atomic mass is 10.2. The zero-order valence-corrected chi connectivity index (χ0v) is 7.74. The van der Waals surface area contributed by atoms with Gasteiger partial charge in [0.25, 0.3) is 0 Å². The maximum Gasteiger partial charge on any atom is 0.108 e. The average molecular weight is 193 g/mol. The van der Waals surface area contributed by atoms with Crippen molar-refractivity contribution in [2.45, 2.75) is 36.5 Å². The van der Waals surface area contributed by atoms with E-state index in [0.29, 0.717) is 0 Å². The molecule has 5 atom stereocenters. The Morgan fingerprint density at radius 3 is 2.08 bits per heavy atom. The van der Waals surface area contributed by atoms with Crippen LogP contribution in [-0.4, -0.2) is 50.7 Å². The Bertz CT molecular complexity index is 144. The maximum atomic E-state index is 9.42. The Hall–Kier alpha value is 0.190. The molecule has 0 unspecified atom stereocenters. The van der Waals surface area contributed by atoms with Crippen LogP contribution in [0, 0.1) is 0 Å². The first kappa shape index (κ1) is 10.3. The summed E-state index contributed by atoms with van der Waals surface area (Å²) in [6.07, 6.45) is -2.99. The molecule has 0 aromatic heterocycles. The van der Waals surface area contributed by atoms with Crippen LogP contribution in [0.2, 0.25) is 0 Å². The van der Waals surface area contributed by atoms with Gasteiger partial charge in [0.05, 0.1) is 17.5 Å². The molecule has 0 radical (unpaired) electrons. The summed E-state index contributed by atoms with van der Waals surface area (Å²) in [5, 5.41) is 27.7. The fourth-order valence-corrected chi connectivity index (χ4v) is 2.57. The van der Waals surface area contributed by atoms with E-state index in [4.69, 9.17) is 5.73 Å². The maximum absolute atomic E-state index is 9.42. The Morgan fingerprint density at radius 2 is 1.75 bits per heavy atom. The molecular weight excluding hydrogens is 178 g/mol. The van der Waals surface area contributed by atoms with E-state index in [1.54, 1.807) is 0 Å². The Balaban J connectivity index is 2.62. The number of aliphatic hydroxyl groups is 3. The molecule has 5 heteroatoms. The van der Waals surface area contributed by atoms with Crippen molar-refractivity contribution < 1.29 is 15.3 Å². The number of nitrogens with two attached hydrogens (primary N) is 1. The number of aliphatic hydroxyl groups excluding tert-OH is 3. The smallest absolute Gasteiger partial charge is 0.108 e. The Kier molecular flexibility index (Phi) is 3.37. The predicted molar refractivity (Wildman–Crippen MR) is 47.9 cm³/mol. The fraction of sp³-hybridized carbons (Fsp3) is 1.00. The van der Waals surface area contributed by atoms with Gasteiger partial charge in [-0.15, -0.1) is 0 Å². The second-order valence-corrected chi connectivity index (χ2v) is 4.42. The Labute approximate surface area is 75.8 Å². The van der Waals surface area contributed by atoms with Gasteiger partial charge < -0.3 is 21.1 Å². The summed E-state index contributed by atoms with van der Waals surface area (Å²) in [6.45, 7) is 1.95. The van der Waals surface area contributed by atoms with E-state index in [1.807, 2.05) is 6.92 Å². The molecule has 0 amide bonds. The zero-order valence-electron chi connectivity index (χ0n) is 6.92. The zero-order chi connectivity index (χ0) is 9.30. The fourth-order valence-electron chi connectivity index (χ4n) is 1.45. The molecule has 1 rings (SSSR count). The second-order valence-electron chi connectivity index (χ2n) is 2.97. The number of hydrogen-bond donors (Lipinski definition) is 4. The topological polar surface area (TPSA) is 86.7 Å². The molecule has 12 heavy (non-hydrogen) atoms. The SMILES string of the molecule is CCS[C@@H]1[C@@H](N)[C@@H](O)[C@@H](O)[C@H]1O. The van der Waals surface area contributed by atoms with E-state index < -0.39 is 24.4 Å². The summed E-state index contributed by atoms with van der Waals surface area (Å²) in [4.78, 5) is 0. The van der Waals surface area contributed by atoms with Gasteiger partial charge in [0.15, 0.2) is 0 Å². The van der Waals surface area contributed by atoms with Crippen LogP contribution in [-0.2, 0) is 0 Å². The average Bonchev–Trinajstić information content (AvgIpc) is 2.23. The van der Waals surface area contributed by atoms with E-state index in [0.717, 1.165) is 5.75 Å². The molecule has 4 nitrogen and oxygen atoms in total. The second kappa shape index (κ2) is 3.93. The first-order valence-corrected chi connectivity index (χ1v) is 5.05. The first-order chi connectivity index (χ1) is 5.59. The molecule has 5 N–H and O–H groups in total. The van der Waals surface area contributed by atoms with Crippen molar-refractivity contribution in [1.82, 2.24) is 0 Å². The number of hydrogen-bond acceptors (Lipinski definition) is 5. The third kappa shape index (κ3) is 1.60. The van der Waals surface area contributed by atoms with Crippen LogP contribution in [0.5, 0.6) is 0 Å². The van der Waals surface area contributed by atoms with Crippen LogP contribution >= 0.6 is 11.8 Å². The monoisotopic (exact) mass is 193 g/mol. The number of rotatable bonds is 2. The molecule has 0 aliphatic heterocycles. The van der Waals surface area contributed by atoms with Gasteiger partial charge in [-0.25, -0.2) is 0 Å². The molecule has 0 saturated heterocycles. The van der Waals surface area contributed by atoms with E-state index in [1.165, 1.54) is 11.8 Å². The van der Waals surface area contributed by atoms with Crippen LogP contribution in [0.1, 0.15) is 6.92 Å². The highest BCUT2D eigenvalue weighted by Gasteiger charge is 2.46. The highest BCUT2D eigenvalue weighted by Crippen LogP contribution is 2.29. The molecule has 0 heterocycles. The standard InChI is InChI=1S/C7H15NO3S/c1-2-12-7-3(8)4(9)5(10)6(7)11/h3-7,9-11H,2,8H2,1H3/t3-,4+,5+,6+,7+/m0/s1. The summed E-state index contributed by atoms with van der Waals surface area (Å²) in [6, 6.07) is -0.528. The largest absolute Gasteiger partial charge is 0.389 e. The van der Waals surface area contributed by atoms with Crippen LogP contribution in [0.3, 0.4) is 0 Å². The van der Waals surface area contributed by atoms with Gasteiger partial charge in [-0.1, -0.05) is 6.92 Å². The van der Waals surface area contributed by atoms with Crippen molar-refractivity contribution in [3.8, 4) is 0 Å². The van der Waals surface area contributed by atoms with Crippen LogP contribution in [0.4, 0.5) is 0 Å². The minimum atomic E-state index is -1.09. The summed E-state index contributed by atoms with van der Waals surface area (Å²) < 4.78 is 0. The summed E-state index contributed by atoms with van der Waals surface area (Å²) >= 11 is 1.47. The van der Waals surface area contributed by atoms with Crippen molar-refractivity contribution in [3.05, 3.63) is 0 Å². The van der Waals surface area contributed by atoms with Gasteiger partial charge in [-0.3, -0.25) is 0 Å². The first-order valence-electron chi connectivity index (χ1n) is 4.01. The van der Waals surface area contributed by atoms with Crippen molar-refractivity contribution in [2.75, 3.05) is 5.75 Å². The van der Waals surface area contributed by atoms with E-state index in [-0.39, 0.29) is 5.25 Å². The van der Waals surface area contributed by atoms with Crippen molar-refractivity contribution in [2.24, 2.45) is 5.73 Å². The van der Waals surface area contributed by atoms with Crippen LogP contribution < -0.4 is 5.73 Å². The predicted octanol–water partition coefficient (Wildman–Crippen LogP) is -1.47. The van der Waals surface area contributed by atoms with Gasteiger partial charge in [0.2, 0.25) is 0 Å². The van der Waals surface area contributed by atoms with Crippen LogP contribution in [0.15, 0.2) is 0 Å². The molecule has 0 bridgehead atoms. The third-order valence-corrected chi connectivity index (χ3v) is 3.48. The summed E-state index contributed by atoms with van der Waals surface area (Å²) in [5.41, 5.74) is 5.60. The minimum Gasteiger partial charge on any atom is -0.389 e. The highest BCUT2D eigenvalue weighted by atomic mass is 32.2. The molecule has 72 valence electrons. The van der Waals surface area contributed by atoms with Gasteiger partial charge in [-0.05, 0) is 5.75 Å². The van der Waals surface area contributed by atoms with Gasteiger partial charge in [0, 0.05) is 6.04 Å². The molecule has 0 aromatic carbocycles. The van der Waals surface area contributed by atoms with E-state index >= 15 is 0 Å². The van der Waals surface area contributed by atoms with Gasteiger partial charge in [-0.2, -0.15) is 11.8 Å². The van der Waals surface area contributed by atoms with Crippen molar-refractivity contribution >= 4 is 11.8 Å². The molecule has 1 fully saturated rings. The number of thioether (sulfide) groups is 1. The highest BCUT2D eigenvalue weighted by molar-refractivity contribution is 8.00. The summed E-state index contributed by atoms with van der Waals surface area (Å²) in [5.74, 6) is 0.814. The Morgan fingerprint density at radius 1 is 1.17 bits per heavy atom. The molecule has 1 aliphatic carbocycles. The van der Waals surface area contributed by atoms with Crippen molar-refractivity contribution in [3.63, 3.8) is 0 Å². The molecule has 0 aromatic rings. The van der Waals surface area contributed by atoms with Crippen molar-refractivity contribution in [1.29, 1.82) is 0 Å². The van der Waals surface area contributed by atoms with E-state index in [2.05, 4.69) is 0 Å². The lowest BCUT2D eigenvalue weighted by molar-refractivity contribution is -0.0199. The molecule has 1 aliphatic rings. The normalized spacial score (nSPS) is 48.2. The van der Waals surface area contributed by atoms with Gasteiger partial charge in [0.1, 0.15) is 6.10 Å². The minimum absolute atomic E-state index is 0.250. The molecule has 1 saturated carbocycles. The van der Waals surface area contributed by atoms with E-state index in [9.17, 15) is 15.3 Å². The molecule has 0 spiro atoms. The summed E-state index contributed by atoms with van der Waals surface area (Å²) in [7, 11) is 0. The van der Waals surface area contributed by atoms with Gasteiger partial charge >= 0.3 is 0 Å². The lowest BCUT2D eigenvalue weighted by Gasteiger charge is -2.17. The van der Waals surface area contributed by atoms with Crippen LogP contribution in [0.25, 0.3) is 0 Å². The quantitative estimate of drug-likeness (QED) is 0.430. The molecular formula is C7H15NO3S. The third-order valence-electron chi connectivity index (χ3n) is 2.17. The lowest BCUT2D eigenvalue weighted by Crippen LogP contribution is -2.39.